The van der Waals surface area contributed by atoms with Gasteiger partial charge in [0, 0.05) is 5.69 Å². The second-order valence-electron chi connectivity index (χ2n) is 4.66. The van der Waals surface area contributed by atoms with Gasteiger partial charge >= 0.3 is 0 Å². The number of benzene rings is 1. The van der Waals surface area contributed by atoms with Gasteiger partial charge in [-0.3, -0.25) is 10.1 Å². The largest absolute Gasteiger partial charge is 0.306 e. The maximum absolute atomic E-state index is 11.8. The Morgan fingerprint density at radius 3 is 2.72 bits per heavy atom. The summed E-state index contributed by atoms with van der Waals surface area (Å²) >= 11 is 0. The van der Waals surface area contributed by atoms with Crippen LogP contribution in [0.15, 0.2) is 30.3 Å². The van der Waals surface area contributed by atoms with Crippen LogP contribution in [-0.4, -0.2) is 15.5 Å². The molecule has 1 aliphatic heterocycles. The molecule has 4 nitrogen and oxygen atoms in total. The van der Waals surface area contributed by atoms with Crippen molar-refractivity contribution in [3.63, 3.8) is 0 Å². The van der Waals surface area contributed by atoms with Gasteiger partial charge < -0.3 is 4.57 Å². The molecule has 3 rings (SSSR count). The molecule has 0 radical (unpaired) electrons. The zero-order valence-corrected chi connectivity index (χ0v) is 10.5. The fourth-order valence-electron chi connectivity index (χ4n) is 2.48. The zero-order chi connectivity index (χ0) is 12.7. The number of amides is 1. The van der Waals surface area contributed by atoms with E-state index < -0.39 is 0 Å². The smallest absolute Gasteiger partial charge is 0.229 e. The van der Waals surface area contributed by atoms with Crippen molar-refractivity contribution in [1.82, 2.24) is 9.55 Å². The molecule has 1 amide bonds. The highest BCUT2D eigenvalue weighted by molar-refractivity contribution is 5.91. The summed E-state index contributed by atoms with van der Waals surface area (Å²) in [5, 5.41) is 2.83. The molecule has 2 aromatic rings. The number of fused-ring (bicyclic) bond motifs is 1. The lowest BCUT2D eigenvalue weighted by atomic mass is 10.0. The minimum absolute atomic E-state index is 0.0290. The average Bonchev–Trinajstić information content (AvgIpc) is 2.65. The standard InChI is InChI=1S/C14H15N3O/c1-9-10(2)17-12(11-6-4-3-5-7-11)8-13(18)16-14(17)15-9/h3-7,12H,8H2,1-2H3,(H,15,16,18). The molecular weight excluding hydrogens is 226 g/mol. The highest BCUT2D eigenvalue weighted by atomic mass is 16.2. The molecule has 0 spiro atoms. The van der Waals surface area contributed by atoms with Crippen LogP contribution in [-0.2, 0) is 4.79 Å². The van der Waals surface area contributed by atoms with Crippen molar-refractivity contribution in [3.05, 3.63) is 47.3 Å². The van der Waals surface area contributed by atoms with E-state index in [1.165, 1.54) is 0 Å². The van der Waals surface area contributed by atoms with E-state index in [1.807, 2.05) is 32.0 Å². The number of carbonyl (C=O) groups is 1. The summed E-state index contributed by atoms with van der Waals surface area (Å²) in [7, 11) is 0. The lowest BCUT2D eigenvalue weighted by Crippen LogP contribution is -2.29. The van der Waals surface area contributed by atoms with E-state index in [2.05, 4.69) is 27.0 Å². The first-order valence-corrected chi connectivity index (χ1v) is 6.07. The predicted molar refractivity (Wildman–Crippen MR) is 69.5 cm³/mol. The number of nitrogens with one attached hydrogen (secondary N) is 1. The number of aromatic nitrogens is 2. The van der Waals surface area contributed by atoms with Gasteiger partial charge in [-0.25, -0.2) is 4.98 Å². The predicted octanol–water partition coefficient (Wildman–Crippen LogP) is 2.43. The van der Waals surface area contributed by atoms with Gasteiger partial charge in [-0.15, -0.1) is 0 Å². The first kappa shape index (κ1) is 11.0. The van der Waals surface area contributed by atoms with E-state index in [1.54, 1.807) is 0 Å². The summed E-state index contributed by atoms with van der Waals surface area (Å²) < 4.78 is 2.12. The summed E-state index contributed by atoms with van der Waals surface area (Å²) in [5.74, 6) is 0.691. The van der Waals surface area contributed by atoms with Crippen LogP contribution in [0.2, 0.25) is 0 Å². The van der Waals surface area contributed by atoms with Crippen molar-refractivity contribution in [2.24, 2.45) is 0 Å². The van der Waals surface area contributed by atoms with Gasteiger partial charge in [0.1, 0.15) is 0 Å². The fourth-order valence-corrected chi connectivity index (χ4v) is 2.48. The lowest BCUT2D eigenvalue weighted by Gasteiger charge is -2.26. The van der Waals surface area contributed by atoms with Crippen molar-refractivity contribution >= 4 is 11.9 Å². The van der Waals surface area contributed by atoms with Crippen molar-refractivity contribution < 1.29 is 4.79 Å². The fraction of sp³-hybridized carbons (Fsp3) is 0.286. The summed E-state index contributed by atoms with van der Waals surface area (Å²) in [5.41, 5.74) is 3.22. The lowest BCUT2D eigenvalue weighted by molar-refractivity contribution is -0.117. The number of hydrogen-bond acceptors (Lipinski definition) is 2. The van der Waals surface area contributed by atoms with E-state index in [-0.39, 0.29) is 11.9 Å². The van der Waals surface area contributed by atoms with Crippen LogP contribution in [0.1, 0.15) is 29.4 Å². The molecule has 1 unspecified atom stereocenters. The number of aryl methyl sites for hydroxylation is 1. The number of anilines is 1. The number of imidazole rings is 1. The second kappa shape index (κ2) is 3.98. The third-order valence-electron chi connectivity index (χ3n) is 3.51. The molecular formula is C14H15N3O. The zero-order valence-electron chi connectivity index (χ0n) is 10.5. The van der Waals surface area contributed by atoms with Crippen LogP contribution in [0.3, 0.4) is 0 Å². The van der Waals surface area contributed by atoms with Gasteiger partial charge in [-0.05, 0) is 19.4 Å². The number of rotatable bonds is 1. The minimum atomic E-state index is 0.0290. The maximum atomic E-state index is 11.8. The third kappa shape index (κ3) is 1.61. The molecule has 1 aromatic carbocycles. The Kier molecular flexibility index (Phi) is 2.44. The van der Waals surface area contributed by atoms with Crippen LogP contribution in [0.25, 0.3) is 0 Å². The van der Waals surface area contributed by atoms with Gasteiger partial charge in [0.15, 0.2) is 0 Å². The maximum Gasteiger partial charge on any atom is 0.229 e. The van der Waals surface area contributed by atoms with Gasteiger partial charge in [0.25, 0.3) is 0 Å². The molecule has 92 valence electrons. The van der Waals surface area contributed by atoms with E-state index >= 15 is 0 Å². The molecule has 2 heterocycles. The SMILES string of the molecule is Cc1nc2n(c1C)C(c1ccccc1)CC(=O)N2. The van der Waals surface area contributed by atoms with E-state index in [9.17, 15) is 4.79 Å². The van der Waals surface area contributed by atoms with Crippen LogP contribution in [0.5, 0.6) is 0 Å². The molecule has 0 aliphatic carbocycles. The highest BCUT2D eigenvalue weighted by Crippen LogP contribution is 2.32. The van der Waals surface area contributed by atoms with E-state index in [4.69, 9.17) is 0 Å². The first-order valence-electron chi connectivity index (χ1n) is 6.07. The third-order valence-corrected chi connectivity index (χ3v) is 3.51. The Hall–Kier alpha value is -2.10. The molecule has 1 N–H and O–H groups in total. The summed E-state index contributed by atoms with van der Waals surface area (Å²) in [6, 6.07) is 10.2. The van der Waals surface area contributed by atoms with Crippen molar-refractivity contribution in [2.45, 2.75) is 26.3 Å². The Morgan fingerprint density at radius 1 is 1.28 bits per heavy atom. The number of carbonyl (C=O) groups excluding carboxylic acids is 1. The second-order valence-corrected chi connectivity index (χ2v) is 4.66. The minimum Gasteiger partial charge on any atom is -0.306 e. The van der Waals surface area contributed by atoms with E-state index in [0.29, 0.717) is 12.4 Å². The Morgan fingerprint density at radius 2 is 2.00 bits per heavy atom. The van der Waals surface area contributed by atoms with Gasteiger partial charge in [0.05, 0.1) is 18.2 Å². The van der Waals surface area contributed by atoms with Gasteiger partial charge in [-0.1, -0.05) is 30.3 Å². The molecule has 1 atom stereocenters. The summed E-state index contributed by atoms with van der Waals surface area (Å²) in [6.07, 6.45) is 0.466. The van der Waals surface area contributed by atoms with Crippen LogP contribution >= 0.6 is 0 Å². The monoisotopic (exact) mass is 241 g/mol. The van der Waals surface area contributed by atoms with Crippen LogP contribution < -0.4 is 5.32 Å². The number of hydrogen-bond donors (Lipinski definition) is 1. The quantitative estimate of drug-likeness (QED) is 0.833. The summed E-state index contributed by atoms with van der Waals surface area (Å²) in [4.78, 5) is 16.2. The molecule has 0 saturated heterocycles. The molecule has 0 fully saturated rings. The molecule has 0 bridgehead atoms. The van der Waals surface area contributed by atoms with Crippen molar-refractivity contribution in [1.29, 1.82) is 0 Å². The Labute approximate surface area is 106 Å². The summed E-state index contributed by atoms with van der Waals surface area (Å²) in [6.45, 7) is 4.01. The molecule has 4 heteroatoms. The highest BCUT2D eigenvalue weighted by Gasteiger charge is 2.28. The normalized spacial score (nSPS) is 18.3. The Bertz CT molecular complexity index is 601. The topological polar surface area (TPSA) is 46.9 Å². The van der Waals surface area contributed by atoms with Crippen LogP contribution in [0, 0.1) is 13.8 Å². The average molecular weight is 241 g/mol. The molecule has 18 heavy (non-hydrogen) atoms. The number of nitrogens with zero attached hydrogens (tertiary/aromatic N) is 2. The van der Waals surface area contributed by atoms with E-state index in [0.717, 1.165) is 17.0 Å². The molecule has 1 aliphatic rings. The van der Waals surface area contributed by atoms with Crippen LogP contribution in [0.4, 0.5) is 5.95 Å². The Balaban J connectivity index is 2.15. The first-order chi connectivity index (χ1) is 8.66. The van der Waals surface area contributed by atoms with Crippen molar-refractivity contribution in [2.75, 3.05) is 5.32 Å². The van der Waals surface area contributed by atoms with Gasteiger partial charge in [0.2, 0.25) is 11.9 Å². The van der Waals surface area contributed by atoms with Crippen molar-refractivity contribution in [3.8, 4) is 0 Å². The molecule has 0 saturated carbocycles. The van der Waals surface area contributed by atoms with Gasteiger partial charge in [-0.2, -0.15) is 0 Å². The molecule has 1 aromatic heterocycles.